The van der Waals surface area contributed by atoms with Crippen molar-refractivity contribution >= 4 is 17.7 Å². The van der Waals surface area contributed by atoms with Gasteiger partial charge in [0.2, 0.25) is 5.91 Å². The molecule has 1 saturated heterocycles. The number of carbonyl (C=O) groups is 1. The van der Waals surface area contributed by atoms with Crippen LogP contribution in [0.25, 0.3) is 0 Å². The van der Waals surface area contributed by atoms with Gasteiger partial charge in [-0.2, -0.15) is 0 Å². The van der Waals surface area contributed by atoms with E-state index in [9.17, 15) is 4.79 Å². The topological polar surface area (TPSA) is 23.6 Å². The number of hydrogen-bond donors (Lipinski definition) is 0. The predicted octanol–water partition coefficient (Wildman–Crippen LogP) is 4.78. The van der Waals surface area contributed by atoms with Gasteiger partial charge in [-0.05, 0) is 36.1 Å². The molecule has 148 valence electrons. The second kappa shape index (κ2) is 8.71. The van der Waals surface area contributed by atoms with Crippen molar-refractivity contribution in [2.24, 2.45) is 0 Å². The Hall–Kier alpha value is -1.78. The molecule has 4 heteroatoms. The summed E-state index contributed by atoms with van der Waals surface area (Å²) in [6.45, 7) is 7.20. The maximum atomic E-state index is 13.2. The molecule has 0 radical (unpaired) electrons. The summed E-state index contributed by atoms with van der Waals surface area (Å²) in [5, 5.41) is 0.571. The highest BCUT2D eigenvalue weighted by Crippen LogP contribution is 2.34. The molecule has 1 saturated carbocycles. The highest BCUT2D eigenvalue weighted by Gasteiger charge is 2.37. The van der Waals surface area contributed by atoms with Crippen LogP contribution in [0.2, 0.25) is 0 Å². The normalized spacial score (nSPS) is 20.5. The van der Waals surface area contributed by atoms with Gasteiger partial charge in [-0.3, -0.25) is 9.69 Å². The van der Waals surface area contributed by atoms with Gasteiger partial charge in [0.05, 0.1) is 12.5 Å². The average Bonchev–Trinajstić information content (AvgIpc) is 3.55. The standard InChI is InChI=1S/C24H30N2OS/c1-18(2)28-22-12-8-19(9-13-22)16-24(27)26-15-14-25(21-10-11-21)17-23(26)20-6-4-3-5-7-20/h3-9,12-13,18,21,23H,10-11,14-17H2,1-2H3. The third-order valence-corrected chi connectivity index (χ3v) is 6.65. The quantitative estimate of drug-likeness (QED) is 0.659. The Kier molecular flexibility index (Phi) is 6.07. The summed E-state index contributed by atoms with van der Waals surface area (Å²) in [6, 6.07) is 20.0. The van der Waals surface area contributed by atoms with Crippen LogP contribution >= 0.6 is 11.8 Å². The molecule has 2 fully saturated rings. The molecule has 1 atom stereocenters. The molecule has 4 rings (SSSR count). The predicted molar refractivity (Wildman–Crippen MR) is 117 cm³/mol. The second-order valence-electron chi connectivity index (χ2n) is 8.23. The van der Waals surface area contributed by atoms with E-state index in [4.69, 9.17) is 0 Å². The van der Waals surface area contributed by atoms with E-state index in [2.05, 4.69) is 72.2 Å². The van der Waals surface area contributed by atoms with Crippen molar-refractivity contribution < 1.29 is 4.79 Å². The van der Waals surface area contributed by atoms with Crippen LogP contribution in [-0.4, -0.2) is 46.6 Å². The van der Waals surface area contributed by atoms with Crippen molar-refractivity contribution in [3.05, 3.63) is 65.7 Å². The van der Waals surface area contributed by atoms with Crippen molar-refractivity contribution in [2.45, 2.75) is 55.3 Å². The minimum atomic E-state index is 0.166. The van der Waals surface area contributed by atoms with Gasteiger partial charge in [0.1, 0.15) is 0 Å². The van der Waals surface area contributed by atoms with Crippen LogP contribution in [0.4, 0.5) is 0 Å². The van der Waals surface area contributed by atoms with E-state index >= 15 is 0 Å². The lowest BCUT2D eigenvalue weighted by molar-refractivity contribution is -0.135. The molecular formula is C24H30N2OS. The minimum Gasteiger partial charge on any atom is -0.333 e. The first-order valence-corrected chi connectivity index (χ1v) is 11.3. The second-order valence-corrected chi connectivity index (χ2v) is 9.88. The number of piperazine rings is 1. The van der Waals surface area contributed by atoms with Crippen LogP contribution < -0.4 is 0 Å². The molecule has 3 nitrogen and oxygen atoms in total. The highest BCUT2D eigenvalue weighted by atomic mass is 32.2. The highest BCUT2D eigenvalue weighted by molar-refractivity contribution is 7.99. The Labute approximate surface area is 173 Å². The van der Waals surface area contributed by atoms with Crippen molar-refractivity contribution in [2.75, 3.05) is 19.6 Å². The molecule has 1 unspecified atom stereocenters. The van der Waals surface area contributed by atoms with Crippen LogP contribution in [0.1, 0.15) is 43.9 Å². The van der Waals surface area contributed by atoms with Crippen molar-refractivity contribution in [3.63, 3.8) is 0 Å². The van der Waals surface area contributed by atoms with E-state index in [1.54, 1.807) is 0 Å². The maximum absolute atomic E-state index is 13.2. The third-order valence-electron chi connectivity index (χ3n) is 5.63. The van der Waals surface area contributed by atoms with Crippen LogP contribution in [0.5, 0.6) is 0 Å². The molecule has 28 heavy (non-hydrogen) atoms. The number of benzene rings is 2. The molecule has 1 aliphatic heterocycles. The molecule has 1 heterocycles. The van der Waals surface area contributed by atoms with Crippen molar-refractivity contribution in [3.8, 4) is 0 Å². The lowest BCUT2D eigenvalue weighted by atomic mass is 10.0. The summed E-state index contributed by atoms with van der Waals surface area (Å²) in [5.74, 6) is 0.244. The van der Waals surface area contributed by atoms with Crippen molar-refractivity contribution in [1.29, 1.82) is 0 Å². The van der Waals surface area contributed by atoms with Gasteiger partial charge in [-0.15, -0.1) is 11.8 Å². The molecular weight excluding hydrogens is 364 g/mol. The Balaban J connectivity index is 1.46. The Morgan fingerprint density at radius 3 is 2.39 bits per heavy atom. The van der Waals surface area contributed by atoms with Gasteiger partial charge in [0.25, 0.3) is 0 Å². The summed E-state index contributed by atoms with van der Waals surface area (Å²) < 4.78 is 0. The SMILES string of the molecule is CC(C)Sc1ccc(CC(=O)N2CCN(C3CC3)CC2c2ccccc2)cc1. The molecule has 2 aromatic rings. The van der Waals surface area contributed by atoms with Crippen LogP contribution in [0, 0.1) is 0 Å². The number of hydrogen-bond acceptors (Lipinski definition) is 3. The zero-order valence-electron chi connectivity index (χ0n) is 16.9. The van der Waals surface area contributed by atoms with Crippen molar-refractivity contribution in [1.82, 2.24) is 9.80 Å². The first-order valence-electron chi connectivity index (χ1n) is 10.4. The van der Waals surface area contributed by atoms with Crippen LogP contribution in [0.15, 0.2) is 59.5 Å². The molecule has 2 aromatic carbocycles. The summed E-state index contributed by atoms with van der Waals surface area (Å²) in [4.78, 5) is 19.2. The van der Waals surface area contributed by atoms with E-state index in [-0.39, 0.29) is 11.9 Å². The fourth-order valence-corrected chi connectivity index (χ4v) is 4.91. The fraction of sp³-hybridized carbons (Fsp3) is 0.458. The monoisotopic (exact) mass is 394 g/mol. The average molecular weight is 395 g/mol. The number of amides is 1. The zero-order chi connectivity index (χ0) is 19.5. The Morgan fingerprint density at radius 1 is 1.04 bits per heavy atom. The Morgan fingerprint density at radius 2 is 1.75 bits per heavy atom. The number of rotatable bonds is 6. The summed E-state index contributed by atoms with van der Waals surface area (Å²) in [5.41, 5.74) is 2.36. The number of nitrogens with zero attached hydrogens (tertiary/aromatic N) is 2. The summed E-state index contributed by atoms with van der Waals surface area (Å²) in [7, 11) is 0. The molecule has 1 amide bonds. The van der Waals surface area contributed by atoms with Gasteiger partial charge in [-0.1, -0.05) is 56.3 Å². The fourth-order valence-electron chi connectivity index (χ4n) is 4.07. The minimum absolute atomic E-state index is 0.166. The molecule has 0 aromatic heterocycles. The zero-order valence-corrected chi connectivity index (χ0v) is 17.7. The van der Waals surface area contributed by atoms with Gasteiger partial charge < -0.3 is 4.90 Å². The summed E-state index contributed by atoms with van der Waals surface area (Å²) in [6.07, 6.45) is 3.12. The smallest absolute Gasteiger partial charge is 0.227 e. The molecule has 0 N–H and O–H groups in total. The lowest BCUT2D eigenvalue weighted by Crippen LogP contribution is -2.51. The van der Waals surface area contributed by atoms with E-state index in [0.29, 0.717) is 11.7 Å². The van der Waals surface area contributed by atoms with Gasteiger partial charge in [0, 0.05) is 35.8 Å². The first kappa shape index (κ1) is 19.5. The number of carbonyl (C=O) groups excluding carboxylic acids is 1. The lowest BCUT2D eigenvalue weighted by Gasteiger charge is -2.42. The van der Waals surface area contributed by atoms with E-state index in [1.807, 2.05) is 17.8 Å². The van der Waals surface area contributed by atoms with E-state index in [0.717, 1.165) is 31.2 Å². The molecule has 0 bridgehead atoms. The maximum Gasteiger partial charge on any atom is 0.227 e. The van der Waals surface area contributed by atoms with Gasteiger partial charge >= 0.3 is 0 Å². The molecule has 2 aliphatic rings. The number of thioether (sulfide) groups is 1. The van der Waals surface area contributed by atoms with Gasteiger partial charge in [0.15, 0.2) is 0 Å². The first-order chi connectivity index (χ1) is 13.6. The van der Waals surface area contributed by atoms with Gasteiger partial charge in [-0.25, -0.2) is 0 Å². The molecule has 0 spiro atoms. The summed E-state index contributed by atoms with van der Waals surface area (Å²) >= 11 is 1.86. The van der Waals surface area contributed by atoms with E-state index in [1.165, 1.54) is 23.3 Å². The third kappa shape index (κ3) is 4.79. The van der Waals surface area contributed by atoms with Crippen LogP contribution in [-0.2, 0) is 11.2 Å². The van der Waals surface area contributed by atoms with Crippen LogP contribution in [0.3, 0.4) is 0 Å². The van der Waals surface area contributed by atoms with E-state index < -0.39 is 0 Å². The molecule has 1 aliphatic carbocycles. The largest absolute Gasteiger partial charge is 0.333 e. The Bertz CT molecular complexity index is 786.